The van der Waals surface area contributed by atoms with E-state index >= 15 is 0 Å². The molecule has 20 heavy (non-hydrogen) atoms. The molecule has 2 aromatic rings. The average Bonchev–Trinajstić information content (AvgIpc) is 2.99. The van der Waals surface area contributed by atoms with E-state index in [0.717, 1.165) is 36.5 Å². The van der Waals surface area contributed by atoms with E-state index in [2.05, 4.69) is 16.4 Å². The van der Waals surface area contributed by atoms with Crippen LogP contribution in [0, 0.1) is 11.3 Å². The summed E-state index contributed by atoms with van der Waals surface area (Å²) in [5.74, 6) is 0.431. The fourth-order valence-electron chi connectivity index (χ4n) is 2.99. The van der Waals surface area contributed by atoms with Gasteiger partial charge in [0, 0.05) is 10.8 Å². The van der Waals surface area contributed by atoms with Crippen molar-refractivity contribution < 1.29 is 0 Å². The molecular formula is C14H15N5S. The first kappa shape index (κ1) is 12.0. The van der Waals surface area contributed by atoms with Crippen LogP contribution in [0.2, 0.25) is 0 Å². The number of thiazole rings is 1. The van der Waals surface area contributed by atoms with Crippen LogP contribution in [0.15, 0.2) is 0 Å². The fourth-order valence-corrected chi connectivity index (χ4v) is 4.10. The van der Waals surface area contributed by atoms with E-state index in [-0.39, 0.29) is 0 Å². The van der Waals surface area contributed by atoms with Crippen molar-refractivity contribution in [3.8, 4) is 11.2 Å². The maximum absolute atomic E-state index is 9.23. The van der Waals surface area contributed by atoms with E-state index in [1.165, 1.54) is 29.8 Å². The van der Waals surface area contributed by atoms with Crippen LogP contribution >= 0.6 is 11.3 Å². The molecule has 0 saturated heterocycles. The number of aryl methyl sites for hydroxylation is 2. The highest BCUT2D eigenvalue weighted by atomic mass is 32.1. The van der Waals surface area contributed by atoms with Crippen molar-refractivity contribution in [1.82, 2.24) is 20.0 Å². The van der Waals surface area contributed by atoms with Crippen molar-refractivity contribution in [2.24, 2.45) is 0 Å². The molecule has 2 aliphatic carbocycles. The standard InChI is InChI=1S/C14H15N5S/c15-8-11-13(9-4-3-5-9)19(18-17-11)14-16-10-6-1-2-7-12(10)20-14/h9H,1-7H2. The lowest BCUT2D eigenvalue weighted by molar-refractivity contribution is 0.402. The number of nitriles is 1. The molecule has 0 unspecified atom stereocenters. The zero-order chi connectivity index (χ0) is 13.5. The third-order valence-electron chi connectivity index (χ3n) is 4.32. The van der Waals surface area contributed by atoms with Crippen molar-refractivity contribution in [3.63, 3.8) is 0 Å². The van der Waals surface area contributed by atoms with Crippen molar-refractivity contribution >= 4 is 11.3 Å². The highest BCUT2D eigenvalue weighted by Gasteiger charge is 2.29. The molecule has 2 aromatic heterocycles. The molecule has 4 rings (SSSR count). The van der Waals surface area contributed by atoms with Crippen LogP contribution < -0.4 is 0 Å². The van der Waals surface area contributed by atoms with Gasteiger partial charge in [0.1, 0.15) is 6.07 Å². The van der Waals surface area contributed by atoms with Crippen LogP contribution in [0.1, 0.15) is 60.0 Å². The minimum absolute atomic E-state index is 0.431. The van der Waals surface area contributed by atoms with Gasteiger partial charge in [-0.2, -0.15) is 9.94 Å². The fraction of sp³-hybridized carbons (Fsp3) is 0.571. The normalized spacial score (nSPS) is 18.4. The van der Waals surface area contributed by atoms with Crippen LogP contribution in [0.3, 0.4) is 0 Å². The van der Waals surface area contributed by atoms with Gasteiger partial charge < -0.3 is 0 Å². The second kappa shape index (κ2) is 4.67. The second-order valence-electron chi connectivity index (χ2n) is 5.55. The quantitative estimate of drug-likeness (QED) is 0.851. The van der Waals surface area contributed by atoms with Crippen molar-refractivity contribution in [3.05, 3.63) is 22.0 Å². The summed E-state index contributed by atoms with van der Waals surface area (Å²) >= 11 is 1.72. The van der Waals surface area contributed by atoms with Crippen LogP contribution in [0.4, 0.5) is 0 Å². The van der Waals surface area contributed by atoms with Gasteiger partial charge in [-0.15, -0.1) is 5.10 Å². The number of fused-ring (bicyclic) bond motifs is 1. The summed E-state index contributed by atoms with van der Waals surface area (Å²) in [6.45, 7) is 0. The van der Waals surface area contributed by atoms with E-state index in [0.29, 0.717) is 11.6 Å². The second-order valence-corrected chi connectivity index (χ2v) is 6.61. The first-order valence-electron chi connectivity index (χ1n) is 7.21. The summed E-state index contributed by atoms with van der Waals surface area (Å²) in [6, 6.07) is 2.18. The van der Waals surface area contributed by atoms with Crippen LogP contribution in [-0.4, -0.2) is 20.0 Å². The Morgan fingerprint density at radius 3 is 2.75 bits per heavy atom. The van der Waals surface area contributed by atoms with Gasteiger partial charge in [0.15, 0.2) is 5.69 Å². The molecule has 0 aromatic carbocycles. The van der Waals surface area contributed by atoms with E-state index < -0.39 is 0 Å². The molecule has 0 N–H and O–H groups in total. The topological polar surface area (TPSA) is 67.4 Å². The van der Waals surface area contributed by atoms with E-state index in [9.17, 15) is 5.26 Å². The summed E-state index contributed by atoms with van der Waals surface area (Å²) in [5.41, 5.74) is 2.68. The lowest BCUT2D eigenvalue weighted by Gasteiger charge is -2.25. The average molecular weight is 285 g/mol. The Bertz CT molecular complexity index is 665. The maximum Gasteiger partial charge on any atom is 0.212 e. The van der Waals surface area contributed by atoms with E-state index in [4.69, 9.17) is 4.98 Å². The van der Waals surface area contributed by atoms with Gasteiger partial charge in [-0.05, 0) is 38.5 Å². The number of nitrogens with zero attached hydrogens (tertiary/aromatic N) is 5. The zero-order valence-corrected chi connectivity index (χ0v) is 12.0. The molecule has 0 aliphatic heterocycles. The molecule has 0 radical (unpaired) electrons. The lowest BCUT2D eigenvalue weighted by Crippen LogP contribution is -2.15. The Balaban J connectivity index is 1.80. The SMILES string of the molecule is N#Cc1nnn(-c2nc3c(s2)CCCC3)c1C1CCC1. The molecule has 0 amide bonds. The van der Waals surface area contributed by atoms with Crippen LogP contribution in [-0.2, 0) is 12.8 Å². The summed E-state index contributed by atoms with van der Waals surface area (Å²) < 4.78 is 1.82. The van der Waals surface area contributed by atoms with Gasteiger partial charge >= 0.3 is 0 Å². The molecule has 2 heterocycles. The van der Waals surface area contributed by atoms with Crippen LogP contribution in [0.25, 0.3) is 5.13 Å². The lowest BCUT2D eigenvalue weighted by atomic mass is 9.82. The van der Waals surface area contributed by atoms with Crippen molar-refractivity contribution in [1.29, 1.82) is 5.26 Å². The maximum atomic E-state index is 9.23. The molecule has 5 nitrogen and oxygen atoms in total. The monoisotopic (exact) mass is 285 g/mol. The Morgan fingerprint density at radius 1 is 1.20 bits per heavy atom. The van der Waals surface area contributed by atoms with Crippen molar-refractivity contribution in [2.75, 3.05) is 0 Å². The number of aromatic nitrogens is 4. The van der Waals surface area contributed by atoms with Gasteiger partial charge in [-0.25, -0.2) is 4.98 Å². The predicted molar refractivity (Wildman–Crippen MR) is 75.0 cm³/mol. The van der Waals surface area contributed by atoms with E-state index in [1.807, 2.05) is 4.68 Å². The van der Waals surface area contributed by atoms with Gasteiger partial charge in [0.25, 0.3) is 0 Å². The van der Waals surface area contributed by atoms with Gasteiger partial charge in [0.05, 0.1) is 11.4 Å². The Hall–Kier alpha value is -1.74. The summed E-state index contributed by atoms with van der Waals surface area (Å²) in [5, 5.41) is 18.4. The molecule has 102 valence electrons. The smallest absolute Gasteiger partial charge is 0.212 e. The Kier molecular flexibility index (Phi) is 2.81. The van der Waals surface area contributed by atoms with Gasteiger partial charge in [-0.3, -0.25) is 0 Å². The largest absolute Gasteiger partial charge is 0.223 e. The number of hydrogen-bond donors (Lipinski definition) is 0. The molecule has 2 aliphatic rings. The predicted octanol–water partition coefficient (Wildman–Crippen LogP) is 2.74. The zero-order valence-electron chi connectivity index (χ0n) is 11.2. The highest BCUT2D eigenvalue weighted by Crippen LogP contribution is 2.39. The van der Waals surface area contributed by atoms with E-state index in [1.54, 1.807) is 11.3 Å². The van der Waals surface area contributed by atoms with Crippen LogP contribution in [0.5, 0.6) is 0 Å². The minimum atomic E-state index is 0.431. The van der Waals surface area contributed by atoms with Gasteiger partial charge in [-0.1, -0.05) is 23.0 Å². The molecule has 1 saturated carbocycles. The molecule has 6 heteroatoms. The first-order valence-corrected chi connectivity index (χ1v) is 8.03. The third kappa shape index (κ3) is 1.77. The van der Waals surface area contributed by atoms with Crippen molar-refractivity contribution in [2.45, 2.75) is 50.9 Å². The summed E-state index contributed by atoms with van der Waals surface area (Å²) in [4.78, 5) is 6.13. The molecule has 0 bridgehead atoms. The third-order valence-corrected chi connectivity index (χ3v) is 5.45. The molecular weight excluding hydrogens is 270 g/mol. The minimum Gasteiger partial charge on any atom is -0.223 e. The summed E-state index contributed by atoms with van der Waals surface area (Å²) in [6.07, 6.45) is 8.18. The van der Waals surface area contributed by atoms with Gasteiger partial charge in [0.2, 0.25) is 5.13 Å². The Morgan fingerprint density at radius 2 is 2.05 bits per heavy atom. The number of hydrogen-bond acceptors (Lipinski definition) is 5. The summed E-state index contributed by atoms with van der Waals surface area (Å²) in [7, 11) is 0. The molecule has 1 fully saturated rings. The molecule has 0 atom stereocenters. The first-order chi connectivity index (χ1) is 9.86. The highest BCUT2D eigenvalue weighted by molar-refractivity contribution is 7.14. The Labute approximate surface area is 121 Å². The number of rotatable bonds is 2. The molecule has 0 spiro atoms.